The number of hydrogen-bond acceptors (Lipinski definition) is 4. The molecule has 148 valence electrons. The Kier molecular flexibility index (Phi) is 6.60. The lowest BCUT2D eigenvalue weighted by atomic mass is 10.0. The molecule has 0 bridgehead atoms. The summed E-state index contributed by atoms with van der Waals surface area (Å²) in [4.78, 5) is 28.1. The fraction of sp³-hybridized carbons (Fsp3) is 0.333. The number of benzene rings is 2. The van der Waals surface area contributed by atoms with E-state index in [1.807, 2.05) is 18.2 Å². The van der Waals surface area contributed by atoms with E-state index in [1.54, 1.807) is 6.07 Å². The number of amides is 1. The molecule has 6 nitrogen and oxygen atoms in total. The van der Waals surface area contributed by atoms with E-state index in [0.717, 1.165) is 31.9 Å². The molecule has 2 aromatic carbocycles. The van der Waals surface area contributed by atoms with Crippen LogP contribution >= 0.6 is 0 Å². The Morgan fingerprint density at radius 3 is 2.29 bits per heavy atom. The van der Waals surface area contributed by atoms with Gasteiger partial charge < -0.3 is 15.3 Å². The molecule has 1 amide bonds. The molecule has 0 aliphatic carbocycles. The van der Waals surface area contributed by atoms with E-state index in [4.69, 9.17) is 0 Å². The predicted octanol–water partition coefficient (Wildman–Crippen LogP) is 2.68. The van der Waals surface area contributed by atoms with Crippen LogP contribution in [0.25, 0.3) is 0 Å². The molecule has 7 heteroatoms. The summed E-state index contributed by atoms with van der Waals surface area (Å²) in [6, 6.07) is 15.9. The molecule has 0 spiro atoms. The highest BCUT2D eigenvalue weighted by atomic mass is 19.1. The zero-order chi connectivity index (χ0) is 19.9. The van der Waals surface area contributed by atoms with Crippen molar-refractivity contribution >= 4 is 23.3 Å². The second-order valence-electron chi connectivity index (χ2n) is 6.89. The molecule has 0 saturated carbocycles. The van der Waals surface area contributed by atoms with Gasteiger partial charge in [0.15, 0.2) is 0 Å². The first-order valence-electron chi connectivity index (χ1n) is 9.32. The number of carboxylic acids is 1. The van der Waals surface area contributed by atoms with Crippen LogP contribution in [0, 0.1) is 11.7 Å². The van der Waals surface area contributed by atoms with Crippen molar-refractivity contribution in [2.45, 2.75) is 6.42 Å². The van der Waals surface area contributed by atoms with Crippen LogP contribution in [0.4, 0.5) is 15.8 Å². The van der Waals surface area contributed by atoms with Gasteiger partial charge >= 0.3 is 5.97 Å². The van der Waals surface area contributed by atoms with Crippen LogP contribution in [0.2, 0.25) is 0 Å². The standard InChI is InChI=1S/C21H24FN3O3/c22-18-8-4-5-9-19(18)23-20(26)14-16(21(27)28)15-24-10-12-25(13-11-24)17-6-2-1-3-7-17/h1-9,16H,10-15H2,(H,23,26)(H,27,28). The van der Waals surface area contributed by atoms with Gasteiger partial charge in [-0.25, -0.2) is 4.39 Å². The van der Waals surface area contributed by atoms with Crippen molar-refractivity contribution in [1.29, 1.82) is 0 Å². The molecule has 0 radical (unpaired) electrons. The summed E-state index contributed by atoms with van der Waals surface area (Å²) in [5.74, 6) is -2.90. The van der Waals surface area contributed by atoms with Crippen molar-refractivity contribution in [3.05, 3.63) is 60.4 Å². The van der Waals surface area contributed by atoms with E-state index in [0.29, 0.717) is 6.54 Å². The van der Waals surface area contributed by atoms with E-state index in [1.165, 1.54) is 18.2 Å². The monoisotopic (exact) mass is 385 g/mol. The lowest BCUT2D eigenvalue weighted by Crippen LogP contribution is -2.48. The Morgan fingerprint density at radius 1 is 1.00 bits per heavy atom. The predicted molar refractivity (Wildman–Crippen MR) is 106 cm³/mol. The van der Waals surface area contributed by atoms with Gasteiger partial charge in [-0.05, 0) is 24.3 Å². The van der Waals surface area contributed by atoms with Crippen molar-refractivity contribution in [2.75, 3.05) is 42.9 Å². The zero-order valence-corrected chi connectivity index (χ0v) is 15.6. The molecule has 1 fully saturated rings. The fourth-order valence-electron chi connectivity index (χ4n) is 3.36. The number of carbonyl (C=O) groups excluding carboxylic acids is 1. The van der Waals surface area contributed by atoms with Gasteiger partial charge in [0.05, 0.1) is 11.6 Å². The Bertz CT molecular complexity index is 808. The Balaban J connectivity index is 1.52. The Hall–Kier alpha value is -2.93. The van der Waals surface area contributed by atoms with E-state index in [9.17, 15) is 19.1 Å². The van der Waals surface area contributed by atoms with Gasteiger partial charge in [-0.1, -0.05) is 30.3 Å². The number of rotatable bonds is 7. The van der Waals surface area contributed by atoms with Crippen molar-refractivity contribution < 1.29 is 19.1 Å². The van der Waals surface area contributed by atoms with Crippen molar-refractivity contribution in [1.82, 2.24) is 4.90 Å². The van der Waals surface area contributed by atoms with Crippen molar-refractivity contribution in [2.24, 2.45) is 5.92 Å². The number of carboxylic acid groups (broad SMARTS) is 1. The van der Waals surface area contributed by atoms with Crippen molar-refractivity contribution in [3.8, 4) is 0 Å². The molecule has 28 heavy (non-hydrogen) atoms. The maximum atomic E-state index is 13.7. The van der Waals surface area contributed by atoms with Gasteiger partial charge in [-0.15, -0.1) is 0 Å². The number of piperazine rings is 1. The summed E-state index contributed by atoms with van der Waals surface area (Å²) in [7, 11) is 0. The SMILES string of the molecule is O=C(CC(CN1CCN(c2ccccc2)CC1)C(=O)O)Nc1ccccc1F. The first-order chi connectivity index (χ1) is 13.5. The molecule has 1 aliphatic heterocycles. The van der Waals surface area contributed by atoms with Crippen LogP contribution in [0.3, 0.4) is 0 Å². The Morgan fingerprint density at radius 2 is 1.64 bits per heavy atom. The average molecular weight is 385 g/mol. The van der Waals surface area contributed by atoms with E-state index in [2.05, 4.69) is 27.2 Å². The molecule has 2 aromatic rings. The molecule has 3 rings (SSSR count). The van der Waals surface area contributed by atoms with Crippen molar-refractivity contribution in [3.63, 3.8) is 0 Å². The van der Waals surface area contributed by atoms with Gasteiger partial charge in [0.1, 0.15) is 5.82 Å². The quantitative estimate of drug-likeness (QED) is 0.767. The second-order valence-corrected chi connectivity index (χ2v) is 6.89. The van der Waals surface area contributed by atoms with Gasteiger partial charge in [-0.3, -0.25) is 14.5 Å². The largest absolute Gasteiger partial charge is 0.481 e. The van der Waals surface area contributed by atoms with Crippen LogP contribution in [0.1, 0.15) is 6.42 Å². The number of para-hydroxylation sites is 2. The van der Waals surface area contributed by atoms with Gasteiger partial charge in [0.25, 0.3) is 0 Å². The third kappa shape index (κ3) is 5.29. The molecular formula is C21H24FN3O3. The van der Waals surface area contributed by atoms with Gasteiger partial charge in [-0.2, -0.15) is 0 Å². The maximum absolute atomic E-state index is 13.7. The minimum absolute atomic E-state index is 0.0631. The molecule has 1 atom stereocenters. The number of carbonyl (C=O) groups is 2. The average Bonchev–Trinajstić information content (AvgIpc) is 2.70. The minimum atomic E-state index is -1.02. The fourth-order valence-corrected chi connectivity index (χ4v) is 3.36. The lowest BCUT2D eigenvalue weighted by Gasteiger charge is -2.37. The third-order valence-electron chi connectivity index (χ3n) is 4.90. The molecule has 1 unspecified atom stereocenters. The second kappa shape index (κ2) is 9.32. The topological polar surface area (TPSA) is 72.9 Å². The van der Waals surface area contributed by atoms with E-state index in [-0.39, 0.29) is 12.1 Å². The maximum Gasteiger partial charge on any atom is 0.308 e. The van der Waals surface area contributed by atoms with Gasteiger partial charge in [0, 0.05) is 44.8 Å². The third-order valence-corrected chi connectivity index (χ3v) is 4.90. The van der Waals surface area contributed by atoms with Gasteiger partial charge in [0.2, 0.25) is 5.91 Å². The molecule has 1 heterocycles. The molecule has 0 aromatic heterocycles. The van der Waals surface area contributed by atoms with E-state index < -0.39 is 23.6 Å². The van der Waals surface area contributed by atoms with Crippen LogP contribution in [-0.4, -0.2) is 54.6 Å². The molecular weight excluding hydrogens is 361 g/mol. The normalized spacial score (nSPS) is 15.8. The first kappa shape index (κ1) is 19.8. The number of nitrogens with zero attached hydrogens (tertiary/aromatic N) is 2. The number of aliphatic carboxylic acids is 1. The molecule has 2 N–H and O–H groups in total. The molecule has 1 aliphatic rings. The lowest BCUT2D eigenvalue weighted by molar-refractivity contribution is -0.144. The highest BCUT2D eigenvalue weighted by Crippen LogP contribution is 2.18. The van der Waals surface area contributed by atoms with Crippen LogP contribution < -0.4 is 10.2 Å². The summed E-state index contributed by atoms with van der Waals surface area (Å²) in [5, 5.41) is 12.0. The number of nitrogens with one attached hydrogen (secondary N) is 1. The Labute approximate surface area is 163 Å². The van der Waals surface area contributed by atoms with E-state index >= 15 is 0 Å². The summed E-state index contributed by atoms with van der Waals surface area (Å²) in [5.41, 5.74) is 1.22. The number of hydrogen-bond donors (Lipinski definition) is 2. The van der Waals surface area contributed by atoms with Crippen LogP contribution in [0.15, 0.2) is 54.6 Å². The summed E-state index contributed by atoms with van der Waals surface area (Å²) >= 11 is 0. The van der Waals surface area contributed by atoms with Crippen LogP contribution in [-0.2, 0) is 9.59 Å². The zero-order valence-electron chi connectivity index (χ0n) is 15.6. The minimum Gasteiger partial charge on any atom is -0.481 e. The first-order valence-corrected chi connectivity index (χ1v) is 9.32. The highest BCUT2D eigenvalue weighted by molar-refractivity contribution is 5.93. The number of anilines is 2. The summed E-state index contributed by atoms with van der Waals surface area (Å²) in [6.45, 7) is 3.36. The molecule has 1 saturated heterocycles. The van der Waals surface area contributed by atoms with Crippen LogP contribution in [0.5, 0.6) is 0 Å². The summed E-state index contributed by atoms with van der Waals surface area (Å²) in [6.07, 6.45) is -0.192. The summed E-state index contributed by atoms with van der Waals surface area (Å²) < 4.78 is 13.7. The smallest absolute Gasteiger partial charge is 0.308 e. The highest BCUT2D eigenvalue weighted by Gasteiger charge is 2.26. The number of halogens is 1.